The van der Waals surface area contributed by atoms with Crippen LogP contribution in [0, 0.1) is 13.8 Å². The van der Waals surface area contributed by atoms with Gasteiger partial charge in [-0.05, 0) is 92.6 Å². The van der Waals surface area contributed by atoms with E-state index in [9.17, 15) is 0 Å². The molecule has 0 spiro atoms. The fourth-order valence-corrected chi connectivity index (χ4v) is 9.63. The lowest BCUT2D eigenvalue weighted by Crippen LogP contribution is -2.07. The predicted molar refractivity (Wildman–Crippen MR) is 270 cm³/mol. The van der Waals surface area contributed by atoms with Gasteiger partial charge in [-0.25, -0.2) is 0 Å². The third kappa shape index (κ3) is 7.92. The number of rotatable bonds is 5. The summed E-state index contributed by atoms with van der Waals surface area (Å²) in [7, 11) is 0. The summed E-state index contributed by atoms with van der Waals surface area (Å²) >= 11 is 1.91. The van der Waals surface area contributed by atoms with E-state index in [2.05, 4.69) is 213 Å². The van der Waals surface area contributed by atoms with Crippen LogP contribution < -0.4 is 5.32 Å². The second-order valence-electron chi connectivity index (χ2n) is 15.5. The highest BCUT2D eigenvalue weighted by atomic mass is 32.1. The summed E-state index contributed by atoms with van der Waals surface area (Å²) in [6.45, 7) is 14.7. The lowest BCUT2D eigenvalue weighted by atomic mass is 10.1. The summed E-state index contributed by atoms with van der Waals surface area (Å²) < 4.78 is 7.57. The molecule has 3 nitrogen and oxygen atoms in total. The van der Waals surface area contributed by atoms with Crippen molar-refractivity contribution in [2.24, 2.45) is 0 Å². The molecular formula is C57H55N3S. The molecule has 11 aromatic rings. The summed E-state index contributed by atoms with van der Waals surface area (Å²) in [6, 6.07) is 66.0. The molecule has 1 unspecified atom stereocenters. The van der Waals surface area contributed by atoms with Crippen LogP contribution in [-0.4, -0.2) is 9.13 Å². The highest BCUT2D eigenvalue weighted by Crippen LogP contribution is 2.45. The van der Waals surface area contributed by atoms with Gasteiger partial charge >= 0.3 is 0 Å². The number of anilines is 1. The minimum atomic E-state index is 0.176. The Morgan fingerprint density at radius 2 is 1.05 bits per heavy atom. The van der Waals surface area contributed by atoms with Gasteiger partial charge in [0.2, 0.25) is 0 Å². The molecule has 3 heterocycles. The molecule has 61 heavy (non-hydrogen) atoms. The van der Waals surface area contributed by atoms with E-state index in [1.807, 2.05) is 43.4 Å². The fraction of sp³-hybridized carbons (Fsp3) is 0.158. The molecule has 1 N–H and O–H groups in total. The zero-order valence-electron chi connectivity index (χ0n) is 36.4. The lowest BCUT2D eigenvalue weighted by molar-refractivity contribution is 0.881. The number of fused-ring (bicyclic) bond motifs is 10. The maximum Gasteiger partial charge on any atom is 0.0555 e. The van der Waals surface area contributed by atoms with E-state index in [-0.39, 0.29) is 6.04 Å². The molecule has 0 saturated carbocycles. The minimum Gasteiger partial charge on any atom is -0.378 e. The van der Waals surface area contributed by atoms with Crippen molar-refractivity contribution in [3.63, 3.8) is 0 Å². The van der Waals surface area contributed by atoms with E-state index in [1.54, 1.807) is 0 Å². The highest BCUT2D eigenvalue weighted by Gasteiger charge is 2.21. The molecular weight excluding hydrogens is 759 g/mol. The van der Waals surface area contributed by atoms with Gasteiger partial charge < -0.3 is 14.5 Å². The first-order chi connectivity index (χ1) is 29.9. The van der Waals surface area contributed by atoms with Gasteiger partial charge in [-0.15, -0.1) is 11.3 Å². The van der Waals surface area contributed by atoms with Crippen molar-refractivity contribution in [1.82, 2.24) is 9.13 Å². The largest absolute Gasteiger partial charge is 0.378 e. The summed E-state index contributed by atoms with van der Waals surface area (Å²) in [6.07, 6.45) is 1.25. The van der Waals surface area contributed by atoms with Crippen LogP contribution in [0.25, 0.3) is 75.2 Å². The summed E-state index contributed by atoms with van der Waals surface area (Å²) in [4.78, 5) is 0. The molecule has 0 aliphatic carbocycles. The first-order valence-electron chi connectivity index (χ1n) is 21.8. The lowest BCUT2D eigenvalue weighted by Gasteiger charge is -2.18. The maximum atomic E-state index is 3.72. The monoisotopic (exact) mass is 813 g/mol. The van der Waals surface area contributed by atoms with Crippen LogP contribution in [0.1, 0.15) is 63.8 Å². The van der Waals surface area contributed by atoms with Crippen LogP contribution in [0.5, 0.6) is 0 Å². The Balaban J connectivity index is 0.000000379. The number of thiophene rings is 1. The molecule has 4 heteroatoms. The number of para-hydroxylation sites is 3. The number of nitrogens with zero attached hydrogens (tertiary/aromatic N) is 2. The van der Waals surface area contributed by atoms with E-state index < -0.39 is 0 Å². The van der Waals surface area contributed by atoms with Crippen molar-refractivity contribution < 1.29 is 0 Å². The van der Waals surface area contributed by atoms with Crippen LogP contribution in [0.2, 0.25) is 0 Å². The van der Waals surface area contributed by atoms with E-state index in [0.29, 0.717) is 0 Å². The number of nitrogens with one attached hydrogen (secondary N) is 1. The van der Waals surface area contributed by atoms with Crippen molar-refractivity contribution in [3.8, 4) is 11.4 Å². The standard InChI is InChI=1S/C45H33N3S.C7H8.C3H8.C2H6/c1-28-12-6-9-17-38(28)46-29(2)30-20-22-32(23-21-30)48-40-25-24-35-34-16-8-11-19-43(34)49-45(35)44(40)37-27-41-36(26-42(37)48)33-15-7-10-18-39(33)47(41)31-13-4-3-5-14-31;1-7-5-3-2-4-6-7;1-3-2;1-2/h3-27,29,46H,1-2H3;2-6H,1H3;3H2,1-2H3;1-2H3. The van der Waals surface area contributed by atoms with Crippen molar-refractivity contribution in [2.75, 3.05) is 5.32 Å². The number of hydrogen-bond acceptors (Lipinski definition) is 2. The molecule has 1 atom stereocenters. The number of aryl methyl sites for hydroxylation is 2. The Hall–Kier alpha value is -6.62. The highest BCUT2D eigenvalue weighted by molar-refractivity contribution is 7.26. The molecule has 0 saturated heterocycles. The Labute approximate surface area is 364 Å². The fourth-order valence-electron chi connectivity index (χ4n) is 8.38. The first kappa shape index (κ1) is 41.1. The van der Waals surface area contributed by atoms with Crippen molar-refractivity contribution in [3.05, 3.63) is 199 Å². The van der Waals surface area contributed by atoms with E-state index >= 15 is 0 Å². The van der Waals surface area contributed by atoms with Gasteiger partial charge in [0.25, 0.3) is 0 Å². The molecule has 0 radical (unpaired) electrons. The zero-order chi connectivity index (χ0) is 42.5. The second kappa shape index (κ2) is 18.3. The van der Waals surface area contributed by atoms with Crippen molar-refractivity contribution in [1.29, 1.82) is 0 Å². The Bertz CT molecular complexity index is 3210. The molecule has 11 rings (SSSR count). The average Bonchev–Trinajstić information content (AvgIpc) is 3.95. The average molecular weight is 814 g/mol. The quantitative estimate of drug-likeness (QED) is 0.184. The molecule has 0 aliphatic heterocycles. The van der Waals surface area contributed by atoms with Crippen molar-refractivity contribution >= 4 is 80.8 Å². The maximum absolute atomic E-state index is 3.72. The van der Waals surface area contributed by atoms with Gasteiger partial charge in [0.15, 0.2) is 0 Å². The number of benzene rings is 8. The minimum absolute atomic E-state index is 0.176. The molecule has 0 bridgehead atoms. The predicted octanol–water partition coefficient (Wildman–Crippen LogP) is 17.2. The van der Waals surface area contributed by atoms with Crippen LogP contribution in [0.15, 0.2) is 182 Å². The Morgan fingerprint density at radius 3 is 1.74 bits per heavy atom. The number of aromatic nitrogens is 2. The van der Waals surface area contributed by atoms with E-state index in [4.69, 9.17) is 0 Å². The Kier molecular flexibility index (Phi) is 12.4. The summed E-state index contributed by atoms with van der Waals surface area (Å²) in [5.41, 5.74) is 12.2. The summed E-state index contributed by atoms with van der Waals surface area (Å²) in [5.74, 6) is 0. The Morgan fingerprint density at radius 1 is 0.492 bits per heavy atom. The van der Waals surface area contributed by atoms with Crippen LogP contribution in [0.4, 0.5) is 5.69 Å². The molecule has 8 aromatic carbocycles. The third-order valence-corrected chi connectivity index (χ3v) is 12.4. The van der Waals surface area contributed by atoms with Gasteiger partial charge in [-0.3, -0.25) is 0 Å². The van der Waals surface area contributed by atoms with Gasteiger partial charge in [-0.2, -0.15) is 0 Å². The molecule has 3 aromatic heterocycles. The molecule has 0 aliphatic rings. The van der Waals surface area contributed by atoms with Crippen LogP contribution in [-0.2, 0) is 0 Å². The van der Waals surface area contributed by atoms with Gasteiger partial charge in [0.1, 0.15) is 0 Å². The van der Waals surface area contributed by atoms with E-state index in [0.717, 1.165) is 0 Å². The van der Waals surface area contributed by atoms with Crippen LogP contribution in [0.3, 0.4) is 0 Å². The molecule has 0 amide bonds. The SMILES string of the molecule is CC.CCC.Cc1ccccc1.Cc1ccccc1NC(C)c1ccc(-n2c3cc4c5ccccc5n(-c5ccccc5)c4cc3c3c4sc5ccccc5c4ccc32)cc1. The van der Waals surface area contributed by atoms with Crippen LogP contribution >= 0.6 is 11.3 Å². The number of hydrogen-bond donors (Lipinski definition) is 1. The van der Waals surface area contributed by atoms with Gasteiger partial charge in [-0.1, -0.05) is 161 Å². The smallest absolute Gasteiger partial charge is 0.0555 e. The van der Waals surface area contributed by atoms with Gasteiger partial charge in [0.05, 0.1) is 22.1 Å². The van der Waals surface area contributed by atoms with Crippen molar-refractivity contribution in [2.45, 2.75) is 60.9 Å². The zero-order valence-corrected chi connectivity index (χ0v) is 37.2. The second-order valence-corrected chi connectivity index (χ2v) is 16.5. The topological polar surface area (TPSA) is 21.9 Å². The molecule has 304 valence electrons. The van der Waals surface area contributed by atoms with E-state index in [1.165, 1.54) is 104 Å². The normalized spacial score (nSPS) is 11.5. The third-order valence-electron chi connectivity index (χ3n) is 11.2. The summed E-state index contributed by atoms with van der Waals surface area (Å²) in [5, 5.41) is 11.5. The molecule has 0 fully saturated rings. The first-order valence-corrected chi connectivity index (χ1v) is 22.6. The van der Waals surface area contributed by atoms with Gasteiger partial charge in [0, 0.05) is 64.8 Å².